The van der Waals surface area contributed by atoms with Gasteiger partial charge in [0.1, 0.15) is 0 Å². The average molecular weight is 313 g/mol. The highest BCUT2D eigenvalue weighted by Gasteiger charge is 2.23. The first kappa shape index (κ1) is 17.4. The summed E-state index contributed by atoms with van der Waals surface area (Å²) in [5.74, 6) is 0.295. The van der Waals surface area contributed by atoms with E-state index in [1.54, 1.807) is 4.90 Å². The molecule has 0 saturated heterocycles. The molecule has 1 heterocycles. The van der Waals surface area contributed by atoms with Crippen LogP contribution in [0.25, 0.3) is 10.9 Å². The summed E-state index contributed by atoms with van der Waals surface area (Å²) in [6, 6.07) is 9.75. The second-order valence-corrected chi connectivity index (χ2v) is 7.30. The fraction of sp³-hybridized carbons (Fsp3) is 0.474. The van der Waals surface area contributed by atoms with Crippen molar-refractivity contribution < 1.29 is 4.79 Å². The van der Waals surface area contributed by atoms with Gasteiger partial charge in [-0.2, -0.15) is 0 Å². The summed E-state index contributed by atoms with van der Waals surface area (Å²) >= 11 is 0. The van der Waals surface area contributed by atoms with Crippen LogP contribution in [0.15, 0.2) is 30.3 Å². The molecule has 1 aromatic heterocycles. The number of nitrogens with two attached hydrogens (primary N) is 1. The second kappa shape index (κ2) is 6.67. The first-order valence-corrected chi connectivity index (χ1v) is 8.10. The summed E-state index contributed by atoms with van der Waals surface area (Å²) in [5, 5.41) is 0.902. The molecule has 0 saturated carbocycles. The third kappa shape index (κ3) is 3.88. The summed E-state index contributed by atoms with van der Waals surface area (Å²) in [5.41, 5.74) is 8.23. The summed E-state index contributed by atoms with van der Waals surface area (Å²) < 4.78 is 0. The van der Waals surface area contributed by atoms with Gasteiger partial charge < -0.3 is 10.6 Å². The van der Waals surface area contributed by atoms with Crippen molar-refractivity contribution in [1.82, 2.24) is 9.88 Å². The molecule has 0 atom stereocenters. The number of nitrogens with zero attached hydrogens (tertiary/aromatic N) is 2. The Morgan fingerprint density at radius 3 is 2.57 bits per heavy atom. The van der Waals surface area contributed by atoms with Crippen LogP contribution in [0.1, 0.15) is 49.7 Å². The number of fused-ring (bicyclic) bond motifs is 1. The summed E-state index contributed by atoms with van der Waals surface area (Å²) in [7, 11) is 1.84. The van der Waals surface area contributed by atoms with Gasteiger partial charge in [-0.1, -0.05) is 45.9 Å². The third-order valence-corrected chi connectivity index (χ3v) is 4.12. The van der Waals surface area contributed by atoms with Crippen molar-refractivity contribution in [1.29, 1.82) is 0 Å². The fourth-order valence-corrected chi connectivity index (χ4v) is 2.65. The molecule has 2 aromatic rings. The number of pyridine rings is 1. The average Bonchev–Trinajstić information content (AvgIpc) is 2.52. The van der Waals surface area contributed by atoms with Crippen LogP contribution in [0.3, 0.4) is 0 Å². The molecule has 0 unspecified atom stereocenters. The van der Waals surface area contributed by atoms with Crippen LogP contribution >= 0.6 is 0 Å². The highest BCUT2D eigenvalue weighted by molar-refractivity contribution is 6.06. The van der Waals surface area contributed by atoms with Gasteiger partial charge in [0.25, 0.3) is 5.91 Å². The van der Waals surface area contributed by atoms with Gasteiger partial charge in [0.2, 0.25) is 0 Å². The maximum atomic E-state index is 13.0. The minimum absolute atomic E-state index is 0.0204. The van der Waals surface area contributed by atoms with Gasteiger partial charge in [0.15, 0.2) is 0 Å². The predicted molar refractivity (Wildman–Crippen MR) is 95.6 cm³/mol. The zero-order valence-corrected chi connectivity index (χ0v) is 14.8. The van der Waals surface area contributed by atoms with E-state index in [0.29, 0.717) is 13.1 Å². The van der Waals surface area contributed by atoms with Crippen LogP contribution in [-0.2, 0) is 0 Å². The number of benzene rings is 1. The van der Waals surface area contributed by atoms with Crippen molar-refractivity contribution in [2.75, 3.05) is 20.1 Å². The number of carbonyl (C=O) groups is 1. The Hall–Kier alpha value is -1.94. The minimum atomic E-state index is -0.103. The van der Waals surface area contributed by atoms with E-state index in [2.05, 4.69) is 32.7 Å². The Balaban J connectivity index is 2.47. The number of para-hydroxylation sites is 1. The standard InChI is InChI=1S/C19H27N3O/c1-13(2)17-10-15(14-8-6-7-9-16(14)21-17)18(23)22(5)12-19(3,4)11-20/h6-10,13H,11-12,20H2,1-5H3. The molecule has 1 aromatic carbocycles. The number of carbonyl (C=O) groups excluding carboxylic acids is 1. The molecule has 0 aliphatic carbocycles. The highest BCUT2D eigenvalue weighted by atomic mass is 16.2. The molecule has 124 valence electrons. The van der Waals surface area contributed by atoms with E-state index in [1.807, 2.05) is 37.4 Å². The lowest BCUT2D eigenvalue weighted by Crippen LogP contribution is -2.39. The van der Waals surface area contributed by atoms with Crippen molar-refractivity contribution in [3.63, 3.8) is 0 Å². The van der Waals surface area contributed by atoms with E-state index in [1.165, 1.54) is 0 Å². The maximum absolute atomic E-state index is 13.0. The van der Waals surface area contributed by atoms with Crippen LogP contribution in [0, 0.1) is 5.41 Å². The maximum Gasteiger partial charge on any atom is 0.254 e. The lowest BCUT2D eigenvalue weighted by Gasteiger charge is -2.29. The van der Waals surface area contributed by atoms with Gasteiger partial charge in [0, 0.05) is 24.7 Å². The van der Waals surface area contributed by atoms with E-state index in [9.17, 15) is 4.79 Å². The minimum Gasteiger partial charge on any atom is -0.341 e. The first-order valence-electron chi connectivity index (χ1n) is 8.10. The Labute approximate surface area is 138 Å². The van der Waals surface area contributed by atoms with Crippen molar-refractivity contribution >= 4 is 16.8 Å². The normalized spacial score (nSPS) is 12.0. The molecule has 2 rings (SSSR count). The van der Waals surface area contributed by atoms with E-state index >= 15 is 0 Å². The summed E-state index contributed by atoms with van der Waals surface area (Å²) in [4.78, 5) is 19.4. The summed E-state index contributed by atoms with van der Waals surface area (Å²) in [6.07, 6.45) is 0. The molecule has 0 bridgehead atoms. The molecular weight excluding hydrogens is 286 g/mol. The van der Waals surface area contributed by atoms with Gasteiger partial charge in [-0.3, -0.25) is 9.78 Å². The van der Waals surface area contributed by atoms with E-state index < -0.39 is 0 Å². The van der Waals surface area contributed by atoms with Crippen LogP contribution in [0.2, 0.25) is 0 Å². The molecule has 0 radical (unpaired) electrons. The van der Waals surface area contributed by atoms with Crippen molar-refractivity contribution in [3.05, 3.63) is 41.6 Å². The fourth-order valence-electron chi connectivity index (χ4n) is 2.65. The van der Waals surface area contributed by atoms with Crippen molar-refractivity contribution in [2.45, 2.75) is 33.6 Å². The lowest BCUT2D eigenvalue weighted by atomic mass is 9.93. The Bertz CT molecular complexity index is 707. The first-order chi connectivity index (χ1) is 10.7. The highest BCUT2D eigenvalue weighted by Crippen LogP contribution is 2.24. The molecule has 0 aliphatic heterocycles. The lowest BCUT2D eigenvalue weighted by molar-refractivity contribution is 0.0742. The largest absolute Gasteiger partial charge is 0.341 e. The molecule has 0 fully saturated rings. The topological polar surface area (TPSA) is 59.2 Å². The molecule has 0 spiro atoms. The van der Waals surface area contributed by atoms with Crippen molar-refractivity contribution in [3.8, 4) is 0 Å². The zero-order valence-electron chi connectivity index (χ0n) is 14.8. The molecule has 1 amide bonds. The van der Waals surface area contributed by atoms with Gasteiger partial charge in [-0.25, -0.2) is 0 Å². The Morgan fingerprint density at radius 2 is 1.96 bits per heavy atom. The van der Waals surface area contributed by atoms with E-state index in [4.69, 9.17) is 5.73 Å². The molecular formula is C19H27N3O. The van der Waals surface area contributed by atoms with E-state index in [-0.39, 0.29) is 17.2 Å². The van der Waals surface area contributed by atoms with Crippen LogP contribution in [0.4, 0.5) is 0 Å². The van der Waals surface area contributed by atoms with Crippen LogP contribution in [-0.4, -0.2) is 35.9 Å². The number of amides is 1. The van der Waals surface area contributed by atoms with Gasteiger partial charge >= 0.3 is 0 Å². The molecule has 2 N–H and O–H groups in total. The van der Waals surface area contributed by atoms with Gasteiger partial charge in [0.05, 0.1) is 11.1 Å². The zero-order chi connectivity index (χ0) is 17.2. The molecule has 23 heavy (non-hydrogen) atoms. The third-order valence-electron chi connectivity index (χ3n) is 4.12. The molecule has 4 heteroatoms. The SMILES string of the molecule is CC(C)c1cc(C(=O)N(C)CC(C)(C)CN)c2ccccc2n1. The molecule has 4 nitrogen and oxygen atoms in total. The van der Waals surface area contributed by atoms with Crippen molar-refractivity contribution in [2.24, 2.45) is 11.1 Å². The van der Waals surface area contributed by atoms with Crippen LogP contribution < -0.4 is 5.73 Å². The smallest absolute Gasteiger partial charge is 0.254 e. The Morgan fingerprint density at radius 1 is 1.30 bits per heavy atom. The quantitative estimate of drug-likeness (QED) is 0.920. The number of hydrogen-bond donors (Lipinski definition) is 1. The number of hydrogen-bond acceptors (Lipinski definition) is 3. The molecule has 0 aliphatic rings. The monoisotopic (exact) mass is 313 g/mol. The van der Waals surface area contributed by atoms with Gasteiger partial charge in [-0.05, 0) is 30.0 Å². The predicted octanol–water partition coefficient (Wildman–Crippen LogP) is 3.42. The van der Waals surface area contributed by atoms with E-state index in [0.717, 1.165) is 22.2 Å². The number of aromatic nitrogens is 1. The van der Waals surface area contributed by atoms with Gasteiger partial charge in [-0.15, -0.1) is 0 Å². The Kier molecular flexibility index (Phi) is 5.05. The van der Waals surface area contributed by atoms with Crippen LogP contribution in [0.5, 0.6) is 0 Å². The second-order valence-electron chi connectivity index (χ2n) is 7.30. The number of rotatable bonds is 5. The summed E-state index contributed by atoms with van der Waals surface area (Å²) in [6.45, 7) is 9.48.